The summed E-state index contributed by atoms with van der Waals surface area (Å²) in [6, 6.07) is 52.1. The third-order valence-electron chi connectivity index (χ3n) is 9.93. The monoisotopic (exact) mass is 543 g/mol. The van der Waals surface area contributed by atoms with Gasteiger partial charge in [0.05, 0.1) is 5.41 Å². The summed E-state index contributed by atoms with van der Waals surface area (Å²) in [5.41, 5.74) is 12.5. The van der Waals surface area contributed by atoms with Crippen molar-refractivity contribution in [3.8, 4) is 33.4 Å². The number of hydrogen-bond acceptors (Lipinski definition) is 1. The standard InChI is InChI=1S/C42H25N/c1-2-9-28-23-35-29(22-27(28)8-1)12-6-14-31(35)30-18-19-33-34-15-5-10-26-11-7-17-39(41(26)34)42(40(33)24-30)37-16-4-3-13-32(37)36-25-43-21-20-38(36)42/h1-25H. The summed E-state index contributed by atoms with van der Waals surface area (Å²) in [6.07, 6.45) is 4.02. The van der Waals surface area contributed by atoms with Crippen LogP contribution in [0.3, 0.4) is 0 Å². The first kappa shape index (κ1) is 23.1. The van der Waals surface area contributed by atoms with E-state index in [0.717, 1.165) is 0 Å². The summed E-state index contributed by atoms with van der Waals surface area (Å²) in [5.74, 6) is 0. The molecule has 1 unspecified atom stereocenters. The molecular formula is C42H25N. The van der Waals surface area contributed by atoms with Gasteiger partial charge in [0.2, 0.25) is 0 Å². The van der Waals surface area contributed by atoms with Crippen molar-refractivity contribution in [2.75, 3.05) is 0 Å². The van der Waals surface area contributed by atoms with E-state index in [2.05, 4.69) is 151 Å². The predicted octanol–water partition coefficient (Wildman–Crippen LogP) is 10.6. The van der Waals surface area contributed by atoms with Crippen LogP contribution >= 0.6 is 0 Å². The average molecular weight is 544 g/mol. The second-order valence-corrected chi connectivity index (χ2v) is 11.9. The van der Waals surface area contributed by atoms with E-state index >= 15 is 0 Å². The van der Waals surface area contributed by atoms with E-state index < -0.39 is 5.41 Å². The predicted molar refractivity (Wildman–Crippen MR) is 178 cm³/mol. The Kier molecular flexibility index (Phi) is 4.44. The smallest absolute Gasteiger partial charge is 0.0727 e. The molecule has 198 valence electrons. The second kappa shape index (κ2) is 8.27. The lowest BCUT2D eigenvalue weighted by atomic mass is 9.61. The van der Waals surface area contributed by atoms with Gasteiger partial charge < -0.3 is 0 Å². The zero-order valence-electron chi connectivity index (χ0n) is 23.4. The van der Waals surface area contributed by atoms with Crippen LogP contribution in [0.25, 0.3) is 65.7 Å². The molecule has 0 saturated heterocycles. The maximum Gasteiger partial charge on any atom is 0.0727 e. The van der Waals surface area contributed by atoms with E-state index in [0.29, 0.717) is 0 Å². The molecule has 8 aromatic rings. The maximum atomic E-state index is 4.61. The fourth-order valence-electron chi connectivity index (χ4n) is 8.20. The Hall–Kier alpha value is -5.53. The van der Waals surface area contributed by atoms with Crippen LogP contribution in [0.15, 0.2) is 152 Å². The first-order chi connectivity index (χ1) is 21.3. The van der Waals surface area contributed by atoms with Crippen LogP contribution in [-0.4, -0.2) is 4.98 Å². The summed E-state index contributed by atoms with van der Waals surface area (Å²) < 4.78 is 0. The highest BCUT2D eigenvalue weighted by molar-refractivity contribution is 6.09. The van der Waals surface area contributed by atoms with E-state index in [9.17, 15) is 0 Å². The van der Waals surface area contributed by atoms with Crippen LogP contribution in [0, 0.1) is 0 Å². The summed E-state index contributed by atoms with van der Waals surface area (Å²) >= 11 is 0. The molecule has 1 aromatic heterocycles. The molecular weight excluding hydrogens is 518 g/mol. The Morgan fingerprint density at radius 1 is 0.395 bits per heavy atom. The molecule has 1 nitrogen and oxygen atoms in total. The molecule has 0 bridgehead atoms. The molecule has 1 atom stereocenters. The van der Waals surface area contributed by atoms with E-state index in [4.69, 9.17) is 0 Å². The molecule has 10 rings (SSSR count). The number of pyridine rings is 1. The number of fused-ring (bicyclic) bond motifs is 11. The third-order valence-corrected chi connectivity index (χ3v) is 9.93. The van der Waals surface area contributed by atoms with Gasteiger partial charge in [-0.2, -0.15) is 0 Å². The summed E-state index contributed by atoms with van der Waals surface area (Å²) in [5, 5.41) is 7.72. The van der Waals surface area contributed by atoms with E-state index in [-0.39, 0.29) is 0 Å². The van der Waals surface area contributed by atoms with Crippen LogP contribution in [-0.2, 0) is 5.41 Å². The van der Waals surface area contributed by atoms with Gasteiger partial charge >= 0.3 is 0 Å². The normalized spacial score (nSPS) is 16.0. The highest BCUT2D eigenvalue weighted by Crippen LogP contribution is 2.62. The molecule has 2 aliphatic carbocycles. The van der Waals surface area contributed by atoms with Crippen LogP contribution in [0.4, 0.5) is 0 Å². The number of hydrogen-bond donors (Lipinski definition) is 0. The lowest BCUT2D eigenvalue weighted by Crippen LogP contribution is -2.31. The summed E-state index contributed by atoms with van der Waals surface area (Å²) in [7, 11) is 0. The van der Waals surface area contributed by atoms with Gasteiger partial charge in [-0.3, -0.25) is 4.98 Å². The molecule has 0 fully saturated rings. The minimum Gasteiger partial charge on any atom is -0.264 e. The Labute approximate surface area is 249 Å². The van der Waals surface area contributed by atoms with Gasteiger partial charge in [0, 0.05) is 18.0 Å². The molecule has 43 heavy (non-hydrogen) atoms. The van der Waals surface area contributed by atoms with Crippen molar-refractivity contribution in [2.45, 2.75) is 5.41 Å². The summed E-state index contributed by atoms with van der Waals surface area (Å²) in [6.45, 7) is 0. The van der Waals surface area contributed by atoms with Gasteiger partial charge in [-0.05, 0) is 107 Å². The van der Waals surface area contributed by atoms with Gasteiger partial charge in [0.15, 0.2) is 0 Å². The lowest BCUT2D eigenvalue weighted by molar-refractivity contribution is 0.772. The minimum atomic E-state index is -0.439. The maximum absolute atomic E-state index is 4.61. The van der Waals surface area contributed by atoms with Crippen molar-refractivity contribution >= 4 is 32.3 Å². The Balaban J connectivity index is 1.36. The van der Waals surface area contributed by atoms with Crippen LogP contribution in [0.5, 0.6) is 0 Å². The van der Waals surface area contributed by atoms with Crippen molar-refractivity contribution < 1.29 is 0 Å². The molecule has 2 aliphatic rings. The largest absolute Gasteiger partial charge is 0.264 e. The van der Waals surface area contributed by atoms with Crippen molar-refractivity contribution in [3.05, 3.63) is 174 Å². The number of aromatic nitrogens is 1. The van der Waals surface area contributed by atoms with Gasteiger partial charge in [0.1, 0.15) is 0 Å². The summed E-state index contributed by atoms with van der Waals surface area (Å²) in [4.78, 5) is 4.61. The first-order valence-corrected chi connectivity index (χ1v) is 15.0. The topological polar surface area (TPSA) is 12.9 Å². The van der Waals surface area contributed by atoms with E-state index in [1.807, 2.05) is 6.20 Å². The number of nitrogens with zero attached hydrogens (tertiary/aromatic N) is 1. The molecule has 0 N–H and O–H groups in total. The molecule has 1 heterocycles. The molecule has 0 saturated carbocycles. The van der Waals surface area contributed by atoms with Crippen molar-refractivity contribution in [2.24, 2.45) is 0 Å². The van der Waals surface area contributed by atoms with Crippen molar-refractivity contribution in [3.63, 3.8) is 0 Å². The fraction of sp³-hybridized carbons (Fsp3) is 0.0238. The van der Waals surface area contributed by atoms with Gasteiger partial charge in [-0.25, -0.2) is 0 Å². The molecule has 0 radical (unpaired) electrons. The molecule has 1 spiro atoms. The molecule has 0 amide bonds. The Morgan fingerprint density at radius 2 is 1.05 bits per heavy atom. The second-order valence-electron chi connectivity index (χ2n) is 11.9. The highest BCUT2D eigenvalue weighted by Gasteiger charge is 2.50. The SMILES string of the molecule is c1ccc2c(c1)-c1cnccc1C21c2cc(-c3cccc4cc5ccccc5cc34)ccc2-c2cccc3cccc1c23. The lowest BCUT2D eigenvalue weighted by Gasteiger charge is -2.40. The van der Waals surface area contributed by atoms with Gasteiger partial charge in [-0.1, -0.05) is 115 Å². The van der Waals surface area contributed by atoms with Crippen molar-refractivity contribution in [1.29, 1.82) is 0 Å². The Bertz CT molecular complexity index is 2420. The van der Waals surface area contributed by atoms with Crippen LogP contribution < -0.4 is 0 Å². The average Bonchev–Trinajstić information content (AvgIpc) is 3.36. The van der Waals surface area contributed by atoms with E-state index in [1.54, 1.807) is 0 Å². The third kappa shape index (κ3) is 2.89. The van der Waals surface area contributed by atoms with Crippen molar-refractivity contribution in [1.82, 2.24) is 4.98 Å². The van der Waals surface area contributed by atoms with Gasteiger partial charge in [0.25, 0.3) is 0 Å². The first-order valence-electron chi connectivity index (χ1n) is 15.0. The van der Waals surface area contributed by atoms with Gasteiger partial charge in [-0.15, -0.1) is 0 Å². The fourth-order valence-corrected chi connectivity index (χ4v) is 8.20. The molecule has 1 heteroatoms. The zero-order valence-corrected chi connectivity index (χ0v) is 23.4. The molecule has 0 aliphatic heterocycles. The van der Waals surface area contributed by atoms with Crippen LogP contribution in [0.2, 0.25) is 0 Å². The zero-order chi connectivity index (χ0) is 28.1. The quantitative estimate of drug-likeness (QED) is 0.188. The minimum absolute atomic E-state index is 0.439. The Morgan fingerprint density at radius 3 is 1.95 bits per heavy atom. The number of benzene rings is 7. The highest BCUT2D eigenvalue weighted by atomic mass is 14.6. The number of rotatable bonds is 1. The van der Waals surface area contributed by atoms with E-state index in [1.165, 1.54) is 88.0 Å². The van der Waals surface area contributed by atoms with Crippen LogP contribution in [0.1, 0.15) is 22.3 Å². The molecule has 7 aromatic carbocycles.